The number of amides is 2. The second-order valence-corrected chi connectivity index (χ2v) is 6.07. The van der Waals surface area contributed by atoms with Gasteiger partial charge in [-0.05, 0) is 35.4 Å². The Bertz CT molecular complexity index is 629. The number of carbonyl (C=O) groups is 1. The van der Waals surface area contributed by atoms with Gasteiger partial charge < -0.3 is 15.7 Å². The number of benzene rings is 2. The van der Waals surface area contributed by atoms with E-state index in [1.165, 1.54) is 16.7 Å². The van der Waals surface area contributed by atoms with Crippen LogP contribution in [0.2, 0.25) is 0 Å². The molecule has 0 heterocycles. The van der Waals surface area contributed by atoms with E-state index in [1.807, 2.05) is 31.2 Å². The maximum absolute atomic E-state index is 11.7. The summed E-state index contributed by atoms with van der Waals surface area (Å²) in [6.07, 6.45) is 1.49. The van der Waals surface area contributed by atoms with E-state index in [0.29, 0.717) is 19.5 Å². The van der Waals surface area contributed by atoms with Gasteiger partial charge in [-0.25, -0.2) is 4.79 Å². The summed E-state index contributed by atoms with van der Waals surface area (Å²) in [6.45, 7) is 3.34. The van der Waals surface area contributed by atoms with Crippen LogP contribution in [-0.2, 0) is 6.42 Å². The number of rotatable bonds is 8. The van der Waals surface area contributed by atoms with Gasteiger partial charge >= 0.3 is 6.03 Å². The highest BCUT2D eigenvalue weighted by Crippen LogP contribution is 2.20. The van der Waals surface area contributed by atoms with E-state index in [1.54, 1.807) is 0 Å². The summed E-state index contributed by atoms with van der Waals surface area (Å²) in [5.41, 5.74) is 3.59. The molecule has 4 nitrogen and oxygen atoms in total. The molecule has 2 aromatic carbocycles. The number of aliphatic hydroxyl groups is 1. The van der Waals surface area contributed by atoms with Gasteiger partial charge in [-0.1, -0.05) is 61.5 Å². The number of hydrogen-bond acceptors (Lipinski definition) is 2. The molecule has 0 aliphatic heterocycles. The van der Waals surface area contributed by atoms with E-state index in [0.717, 1.165) is 6.42 Å². The lowest BCUT2D eigenvalue weighted by atomic mass is 10.0. The maximum atomic E-state index is 11.7. The zero-order valence-electron chi connectivity index (χ0n) is 14.2. The first kappa shape index (κ1) is 18.0. The summed E-state index contributed by atoms with van der Waals surface area (Å²) >= 11 is 0. The molecule has 0 aliphatic rings. The van der Waals surface area contributed by atoms with Gasteiger partial charge in [-0.3, -0.25) is 0 Å². The third kappa shape index (κ3) is 6.05. The fourth-order valence-electron chi connectivity index (χ4n) is 2.51. The minimum Gasteiger partial charge on any atom is -0.396 e. The zero-order valence-corrected chi connectivity index (χ0v) is 14.2. The molecule has 0 aliphatic carbocycles. The lowest BCUT2D eigenvalue weighted by molar-refractivity contribution is 0.234. The molecule has 0 fully saturated rings. The van der Waals surface area contributed by atoms with Crippen LogP contribution in [0, 0.1) is 5.92 Å². The van der Waals surface area contributed by atoms with Crippen molar-refractivity contribution >= 4 is 6.03 Å². The van der Waals surface area contributed by atoms with Gasteiger partial charge in [0.05, 0.1) is 0 Å². The average molecular weight is 326 g/mol. The van der Waals surface area contributed by atoms with Crippen LogP contribution in [0.5, 0.6) is 0 Å². The van der Waals surface area contributed by atoms with Crippen molar-refractivity contribution in [2.75, 3.05) is 19.7 Å². The quantitative estimate of drug-likeness (QED) is 0.697. The molecule has 0 bridgehead atoms. The molecule has 4 heteroatoms. The molecule has 2 rings (SSSR count). The van der Waals surface area contributed by atoms with Gasteiger partial charge in [0.2, 0.25) is 0 Å². The minimum atomic E-state index is -0.154. The Morgan fingerprint density at radius 3 is 2.54 bits per heavy atom. The maximum Gasteiger partial charge on any atom is 0.314 e. The van der Waals surface area contributed by atoms with Crippen molar-refractivity contribution in [2.45, 2.75) is 19.8 Å². The van der Waals surface area contributed by atoms with Gasteiger partial charge in [0.1, 0.15) is 0 Å². The van der Waals surface area contributed by atoms with E-state index in [-0.39, 0.29) is 18.6 Å². The Balaban J connectivity index is 1.77. The largest absolute Gasteiger partial charge is 0.396 e. The van der Waals surface area contributed by atoms with Gasteiger partial charge in [-0.2, -0.15) is 0 Å². The topological polar surface area (TPSA) is 61.4 Å². The van der Waals surface area contributed by atoms with E-state index < -0.39 is 0 Å². The Kier molecular flexibility index (Phi) is 7.30. The Hall–Kier alpha value is -2.33. The first-order valence-corrected chi connectivity index (χ1v) is 8.46. The molecule has 24 heavy (non-hydrogen) atoms. The van der Waals surface area contributed by atoms with Crippen LogP contribution in [0.4, 0.5) is 4.79 Å². The third-order valence-corrected chi connectivity index (χ3v) is 3.97. The first-order chi connectivity index (χ1) is 11.7. The van der Waals surface area contributed by atoms with E-state index in [9.17, 15) is 4.79 Å². The van der Waals surface area contributed by atoms with E-state index in [2.05, 4.69) is 41.0 Å². The van der Waals surface area contributed by atoms with Gasteiger partial charge in [0.15, 0.2) is 0 Å². The van der Waals surface area contributed by atoms with Crippen molar-refractivity contribution in [3.8, 4) is 11.1 Å². The fourth-order valence-corrected chi connectivity index (χ4v) is 2.51. The molecule has 0 saturated heterocycles. The average Bonchev–Trinajstić information content (AvgIpc) is 2.61. The van der Waals surface area contributed by atoms with Crippen LogP contribution in [-0.4, -0.2) is 30.8 Å². The zero-order chi connectivity index (χ0) is 17.2. The van der Waals surface area contributed by atoms with Crippen LogP contribution in [0.15, 0.2) is 54.6 Å². The summed E-state index contributed by atoms with van der Waals surface area (Å²) in [5.74, 6) is 0.281. The molecule has 0 aromatic heterocycles. The molecular weight excluding hydrogens is 300 g/mol. The molecule has 1 unspecified atom stereocenters. The Labute approximate surface area is 143 Å². The van der Waals surface area contributed by atoms with Crippen molar-refractivity contribution in [3.05, 3.63) is 60.2 Å². The third-order valence-electron chi connectivity index (χ3n) is 3.97. The molecule has 3 N–H and O–H groups in total. The summed E-state index contributed by atoms with van der Waals surface area (Å²) in [6, 6.07) is 18.5. The van der Waals surface area contributed by atoms with E-state index >= 15 is 0 Å². The standard InChI is InChI=1S/C20H26N2O2/c1-16(11-13-23)15-22-20(24)21-12-10-17-6-5-9-19(14-17)18-7-3-2-4-8-18/h2-9,14,16,23H,10-13,15H2,1H3,(H2,21,22,24). The molecule has 0 spiro atoms. The number of aliphatic hydroxyl groups excluding tert-OH is 1. The van der Waals surface area contributed by atoms with Crippen molar-refractivity contribution in [1.82, 2.24) is 10.6 Å². The van der Waals surface area contributed by atoms with Gasteiger partial charge in [0.25, 0.3) is 0 Å². The molecule has 128 valence electrons. The van der Waals surface area contributed by atoms with Crippen LogP contribution in [0.3, 0.4) is 0 Å². The lowest BCUT2D eigenvalue weighted by Crippen LogP contribution is -2.38. The normalized spacial score (nSPS) is 11.8. The smallest absolute Gasteiger partial charge is 0.314 e. The van der Waals surface area contributed by atoms with Crippen LogP contribution >= 0.6 is 0 Å². The monoisotopic (exact) mass is 326 g/mol. The van der Waals surface area contributed by atoms with Crippen LogP contribution in [0.1, 0.15) is 18.9 Å². The van der Waals surface area contributed by atoms with Crippen molar-refractivity contribution in [2.24, 2.45) is 5.92 Å². The lowest BCUT2D eigenvalue weighted by Gasteiger charge is -2.12. The predicted molar refractivity (Wildman–Crippen MR) is 97.9 cm³/mol. The highest BCUT2D eigenvalue weighted by Gasteiger charge is 2.05. The molecular formula is C20H26N2O2. The molecule has 1 atom stereocenters. The summed E-state index contributed by atoms with van der Waals surface area (Å²) in [7, 11) is 0. The van der Waals surface area contributed by atoms with Crippen LogP contribution in [0.25, 0.3) is 11.1 Å². The summed E-state index contributed by atoms with van der Waals surface area (Å²) < 4.78 is 0. The highest BCUT2D eigenvalue weighted by atomic mass is 16.3. The minimum absolute atomic E-state index is 0.154. The molecule has 0 radical (unpaired) electrons. The van der Waals surface area contributed by atoms with Crippen LogP contribution < -0.4 is 10.6 Å². The van der Waals surface area contributed by atoms with E-state index in [4.69, 9.17) is 5.11 Å². The first-order valence-electron chi connectivity index (χ1n) is 8.46. The van der Waals surface area contributed by atoms with Crippen molar-refractivity contribution in [3.63, 3.8) is 0 Å². The second-order valence-electron chi connectivity index (χ2n) is 6.07. The SMILES string of the molecule is CC(CCO)CNC(=O)NCCc1cccc(-c2ccccc2)c1. The fraction of sp³-hybridized carbons (Fsp3) is 0.350. The molecule has 0 saturated carbocycles. The van der Waals surface area contributed by atoms with Crippen molar-refractivity contribution in [1.29, 1.82) is 0 Å². The summed E-state index contributed by atoms with van der Waals surface area (Å²) in [5, 5.41) is 14.6. The molecule has 2 amide bonds. The highest BCUT2D eigenvalue weighted by molar-refractivity contribution is 5.73. The predicted octanol–water partition coefficient (Wildman–Crippen LogP) is 3.21. The summed E-state index contributed by atoms with van der Waals surface area (Å²) in [4.78, 5) is 11.7. The van der Waals surface area contributed by atoms with Crippen molar-refractivity contribution < 1.29 is 9.90 Å². The Morgan fingerprint density at radius 1 is 1.04 bits per heavy atom. The van der Waals surface area contributed by atoms with Gasteiger partial charge in [0, 0.05) is 19.7 Å². The number of urea groups is 1. The second kappa shape index (κ2) is 9.73. The van der Waals surface area contributed by atoms with Gasteiger partial charge in [-0.15, -0.1) is 0 Å². The number of nitrogens with one attached hydrogen (secondary N) is 2. The number of hydrogen-bond donors (Lipinski definition) is 3. The number of carbonyl (C=O) groups excluding carboxylic acids is 1. The molecule has 2 aromatic rings. The Morgan fingerprint density at radius 2 is 1.79 bits per heavy atom.